The van der Waals surface area contributed by atoms with Crippen molar-refractivity contribution in [2.45, 2.75) is 13.8 Å². The van der Waals surface area contributed by atoms with Crippen LogP contribution in [-0.2, 0) is 0 Å². The standard InChI is InChI=1S/C15H19FN4O2/c1-3-17-6-7-18-15(22)14-13(21)9-20(19-14)12-5-4-11(16)8-10(12)2/h4-5,8-9,17,21H,3,6-7H2,1-2H3,(H,18,22). The largest absolute Gasteiger partial charge is 0.504 e. The molecule has 0 aliphatic rings. The maximum absolute atomic E-state index is 13.1. The van der Waals surface area contributed by atoms with Crippen LogP contribution in [0.2, 0.25) is 0 Å². The van der Waals surface area contributed by atoms with Crippen molar-refractivity contribution in [3.05, 3.63) is 41.5 Å². The summed E-state index contributed by atoms with van der Waals surface area (Å²) in [6.07, 6.45) is 1.33. The molecule has 0 spiro atoms. The zero-order valence-electron chi connectivity index (χ0n) is 12.6. The van der Waals surface area contributed by atoms with Gasteiger partial charge in [0.25, 0.3) is 5.91 Å². The first kappa shape index (κ1) is 16.0. The maximum atomic E-state index is 13.1. The van der Waals surface area contributed by atoms with Crippen LogP contribution in [0.4, 0.5) is 4.39 Å². The van der Waals surface area contributed by atoms with E-state index in [1.54, 1.807) is 13.0 Å². The first-order chi connectivity index (χ1) is 10.5. The van der Waals surface area contributed by atoms with Crippen molar-refractivity contribution in [3.8, 4) is 11.4 Å². The van der Waals surface area contributed by atoms with E-state index >= 15 is 0 Å². The minimum atomic E-state index is -0.450. The van der Waals surface area contributed by atoms with Gasteiger partial charge in [-0.2, -0.15) is 5.10 Å². The molecule has 22 heavy (non-hydrogen) atoms. The molecule has 0 bridgehead atoms. The van der Waals surface area contributed by atoms with Crippen molar-refractivity contribution < 1.29 is 14.3 Å². The Morgan fingerprint density at radius 1 is 1.41 bits per heavy atom. The summed E-state index contributed by atoms with van der Waals surface area (Å²) in [5.41, 5.74) is 1.20. The van der Waals surface area contributed by atoms with E-state index in [0.29, 0.717) is 24.3 Å². The van der Waals surface area contributed by atoms with Crippen LogP contribution in [0.15, 0.2) is 24.4 Å². The van der Waals surface area contributed by atoms with Gasteiger partial charge >= 0.3 is 0 Å². The number of aromatic hydroxyl groups is 1. The SMILES string of the molecule is CCNCCNC(=O)c1nn(-c2ccc(F)cc2C)cc1O. The van der Waals surface area contributed by atoms with Crippen molar-refractivity contribution in [2.75, 3.05) is 19.6 Å². The van der Waals surface area contributed by atoms with E-state index in [4.69, 9.17) is 0 Å². The van der Waals surface area contributed by atoms with E-state index in [9.17, 15) is 14.3 Å². The smallest absolute Gasteiger partial charge is 0.275 e. The van der Waals surface area contributed by atoms with Gasteiger partial charge in [-0.25, -0.2) is 9.07 Å². The molecule has 0 aliphatic carbocycles. The lowest BCUT2D eigenvalue weighted by Crippen LogP contribution is -2.32. The summed E-state index contributed by atoms with van der Waals surface area (Å²) < 4.78 is 14.5. The van der Waals surface area contributed by atoms with Crippen LogP contribution in [-0.4, -0.2) is 40.4 Å². The fraction of sp³-hybridized carbons (Fsp3) is 0.333. The van der Waals surface area contributed by atoms with Crippen molar-refractivity contribution >= 4 is 5.91 Å². The summed E-state index contributed by atoms with van der Waals surface area (Å²) in [6, 6.07) is 4.21. The molecule has 0 aliphatic heterocycles. The summed E-state index contributed by atoms with van der Waals surface area (Å²) in [7, 11) is 0. The van der Waals surface area contributed by atoms with E-state index in [0.717, 1.165) is 6.54 Å². The highest BCUT2D eigenvalue weighted by Gasteiger charge is 2.17. The average molecular weight is 306 g/mol. The predicted octanol–water partition coefficient (Wildman–Crippen LogP) is 1.36. The fourth-order valence-electron chi connectivity index (χ4n) is 2.05. The Kier molecular flexibility index (Phi) is 5.11. The predicted molar refractivity (Wildman–Crippen MR) is 80.8 cm³/mol. The topological polar surface area (TPSA) is 79.2 Å². The van der Waals surface area contributed by atoms with Gasteiger partial charge in [-0.3, -0.25) is 4.79 Å². The van der Waals surface area contributed by atoms with E-state index in [1.165, 1.54) is 23.0 Å². The Bertz CT molecular complexity index is 670. The van der Waals surface area contributed by atoms with Crippen LogP contribution in [0.25, 0.3) is 5.69 Å². The number of nitrogens with zero attached hydrogens (tertiary/aromatic N) is 2. The number of benzene rings is 1. The fourth-order valence-corrected chi connectivity index (χ4v) is 2.05. The van der Waals surface area contributed by atoms with Gasteiger partial charge in [0.1, 0.15) is 5.82 Å². The van der Waals surface area contributed by atoms with Crippen LogP contribution in [0, 0.1) is 12.7 Å². The second kappa shape index (κ2) is 7.04. The van der Waals surface area contributed by atoms with Gasteiger partial charge < -0.3 is 15.7 Å². The number of halogens is 1. The van der Waals surface area contributed by atoms with E-state index in [-0.39, 0.29) is 17.3 Å². The zero-order chi connectivity index (χ0) is 16.1. The summed E-state index contributed by atoms with van der Waals surface area (Å²) in [5, 5.41) is 19.7. The van der Waals surface area contributed by atoms with Crippen molar-refractivity contribution in [2.24, 2.45) is 0 Å². The lowest BCUT2D eigenvalue weighted by Gasteiger charge is -2.05. The van der Waals surface area contributed by atoms with E-state index in [1.807, 2.05) is 6.92 Å². The van der Waals surface area contributed by atoms with Crippen LogP contribution in [0.5, 0.6) is 5.75 Å². The molecule has 0 atom stereocenters. The second-order valence-corrected chi connectivity index (χ2v) is 4.85. The summed E-state index contributed by atoms with van der Waals surface area (Å²) >= 11 is 0. The third kappa shape index (κ3) is 3.62. The van der Waals surface area contributed by atoms with Crippen LogP contribution in [0.1, 0.15) is 23.0 Å². The van der Waals surface area contributed by atoms with Crippen molar-refractivity contribution in [3.63, 3.8) is 0 Å². The van der Waals surface area contributed by atoms with Crippen LogP contribution >= 0.6 is 0 Å². The number of nitrogens with one attached hydrogen (secondary N) is 2. The number of likely N-dealkylation sites (N-methyl/N-ethyl adjacent to an activating group) is 1. The normalized spacial score (nSPS) is 10.7. The Hall–Kier alpha value is -2.41. The maximum Gasteiger partial charge on any atom is 0.275 e. The monoisotopic (exact) mass is 306 g/mol. The van der Waals surface area contributed by atoms with Gasteiger partial charge in [0.15, 0.2) is 11.4 Å². The second-order valence-electron chi connectivity index (χ2n) is 4.85. The lowest BCUT2D eigenvalue weighted by molar-refractivity contribution is 0.0946. The molecule has 2 rings (SSSR count). The number of amides is 1. The average Bonchev–Trinajstić information content (AvgIpc) is 2.85. The van der Waals surface area contributed by atoms with Gasteiger partial charge in [-0.15, -0.1) is 0 Å². The molecular weight excluding hydrogens is 287 g/mol. The molecular formula is C15H19FN4O2. The Labute approximate surface area is 128 Å². The third-order valence-electron chi connectivity index (χ3n) is 3.15. The summed E-state index contributed by atoms with van der Waals surface area (Å²) in [5.74, 6) is -1.02. The molecule has 0 fully saturated rings. The molecule has 1 amide bonds. The molecule has 6 nitrogen and oxygen atoms in total. The van der Waals surface area contributed by atoms with E-state index in [2.05, 4.69) is 15.7 Å². The highest BCUT2D eigenvalue weighted by molar-refractivity contribution is 5.94. The number of hydrogen-bond acceptors (Lipinski definition) is 4. The Morgan fingerprint density at radius 3 is 2.86 bits per heavy atom. The Balaban J connectivity index is 2.15. The lowest BCUT2D eigenvalue weighted by atomic mass is 10.2. The number of aryl methyl sites for hydroxylation is 1. The van der Waals surface area contributed by atoms with Crippen molar-refractivity contribution in [1.29, 1.82) is 0 Å². The molecule has 2 aromatic rings. The van der Waals surface area contributed by atoms with Crippen LogP contribution < -0.4 is 10.6 Å². The highest BCUT2D eigenvalue weighted by atomic mass is 19.1. The number of carbonyl (C=O) groups excluding carboxylic acids is 1. The van der Waals surface area contributed by atoms with Gasteiger partial charge in [0, 0.05) is 13.1 Å². The highest BCUT2D eigenvalue weighted by Crippen LogP contribution is 2.20. The molecule has 0 radical (unpaired) electrons. The minimum absolute atomic E-state index is 0.0553. The number of aromatic nitrogens is 2. The van der Waals surface area contributed by atoms with Gasteiger partial charge in [-0.1, -0.05) is 6.92 Å². The third-order valence-corrected chi connectivity index (χ3v) is 3.15. The quantitative estimate of drug-likeness (QED) is 0.704. The van der Waals surface area contributed by atoms with Crippen molar-refractivity contribution in [1.82, 2.24) is 20.4 Å². The molecule has 0 saturated carbocycles. The molecule has 1 heterocycles. The first-order valence-corrected chi connectivity index (χ1v) is 7.07. The molecule has 3 N–H and O–H groups in total. The zero-order valence-corrected chi connectivity index (χ0v) is 12.6. The molecule has 118 valence electrons. The van der Waals surface area contributed by atoms with Gasteiger partial charge in [0.2, 0.25) is 0 Å². The minimum Gasteiger partial charge on any atom is -0.504 e. The molecule has 0 saturated heterocycles. The van der Waals surface area contributed by atoms with Crippen LogP contribution in [0.3, 0.4) is 0 Å². The number of hydrogen-bond donors (Lipinski definition) is 3. The first-order valence-electron chi connectivity index (χ1n) is 7.07. The molecule has 1 aromatic carbocycles. The molecule has 7 heteroatoms. The summed E-state index contributed by atoms with van der Waals surface area (Å²) in [4.78, 5) is 12.0. The molecule has 1 aromatic heterocycles. The number of rotatable bonds is 6. The summed E-state index contributed by atoms with van der Waals surface area (Å²) in [6.45, 7) is 5.60. The number of carbonyl (C=O) groups is 1. The van der Waals surface area contributed by atoms with Gasteiger partial charge in [0.05, 0.1) is 11.9 Å². The van der Waals surface area contributed by atoms with E-state index < -0.39 is 5.91 Å². The van der Waals surface area contributed by atoms with Gasteiger partial charge in [-0.05, 0) is 37.2 Å². The molecule has 0 unspecified atom stereocenters. The Morgan fingerprint density at radius 2 is 2.18 bits per heavy atom.